The third-order valence-electron chi connectivity index (χ3n) is 8.37. The lowest BCUT2D eigenvalue weighted by Crippen LogP contribution is -2.49. The van der Waals surface area contributed by atoms with Gasteiger partial charge >= 0.3 is 5.97 Å². The summed E-state index contributed by atoms with van der Waals surface area (Å²) >= 11 is 0. The second kappa shape index (κ2) is 10.6. The zero-order chi connectivity index (χ0) is 24.3. The number of methoxy groups -OCH3 is 1. The van der Waals surface area contributed by atoms with Crippen molar-refractivity contribution in [2.45, 2.75) is 56.8 Å². The van der Waals surface area contributed by atoms with Crippen molar-refractivity contribution >= 4 is 5.97 Å². The second-order valence-corrected chi connectivity index (χ2v) is 10.9. The largest absolute Gasteiger partial charge is 0.478 e. The average molecular weight is 473 g/mol. The molecule has 0 atom stereocenters. The molecule has 0 amide bonds. The normalized spacial score (nSPS) is 26.4. The first kappa shape index (κ1) is 24.1. The third-order valence-corrected chi connectivity index (χ3v) is 8.37. The smallest absolute Gasteiger partial charge is 0.335 e. The summed E-state index contributed by atoms with van der Waals surface area (Å²) < 4.78 is 10.8. The molecule has 4 fully saturated rings. The van der Waals surface area contributed by atoms with Crippen LogP contribution in [0.25, 0.3) is 0 Å². The molecule has 0 spiro atoms. The molecular formula is C31H36O4. The van der Waals surface area contributed by atoms with E-state index in [4.69, 9.17) is 14.6 Å². The SMILES string of the molecule is COCCOCCCc1ccc(C#Cc2ccc(C(=O)O)cc2)cc1C12CC3CC(CC(C3)C1)C2. The molecule has 0 aliphatic heterocycles. The van der Waals surface area contributed by atoms with E-state index in [9.17, 15) is 4.79 Å². The highest BCUT2D eigenvalue weighted by Crippen LogP contribution is 2.61. The van der Waals surface area contributed by atoms with E-state index in [2.05, 4.69) is 30.0 Å². The highest BCUT2D eigenvalue weighted by atomic mass is 16.5. The highest BCUT2D eigenvalue weighted by molar-refractivity contribution is 5.87. The van der Waals surface area contributed by atoms with E-state index in [1.54, 1.807) is 36.9 Å². The summed E-state index contributed by atoms with van der Waals surface area (Å²) in [4.78, 5) is 11.1. The molecule has 0 saturated heterocycles. The van der Waals surface area contributed by atoms with Gasteiger partial charge in [-0.2, -0.15) is 0 Å². The van der Waals surface area contributed by atoms with Gasteiger partial charge in [-0.25, -0.2) is 4.79 Å². The Labute approximate surface area is 209 Å². The van der Waals surface area contributed by atoms with Crippen LogP contribution in [0.5, 0.6) is 0 Å². The van der Waals surface area contributed by atoms with E-state index in [1.165, 1.54) is 44.1 Å². The molecule has 4 saturated carbocycles. The van der Waals surface area contributed by atoms with E-state index in [-0.39, 0.29) is 5.56 Å². The fourth-order valence-electron chi connectivity index (χ4n) is 7.26. The Bertz CT molecular complexity index is 1070. The van der Waals surface area contributed by atoms with Crippen LogP contribution in [0.3, 0.4) is 0 Å². The van der Waals surface area contributed by atoms with Gasteiger partial charge in [-0.05, 0) is 122 Å². The molecule has 4 aliphatic rings. The topological polar surface area (TPSA) is 55.8 Å². The number of benzene rings is 2. The van der Waals surface area contributed by atoms with E-state index < -0.39 is 5.97 Å². The van der Waals surface area contributed by atoms with E-state index in [1.807, 2.05) is 0 Å². The number of aromatic carboxylic acids is 1. The van der Waals surface area contributed by atoms with Crippen molar-refractivity contribution in [3.05, 3.63) is 70.3 Å². The van der Waals surface area contributed by atoms with Crippen molar-refractivity contribution in [3.8, 4) is 11.8 Å². The first-order chi connectivity index (χ1) is 17.0. The van der Waals surface area contributed by atoms with Crippen molar-refractivity contribution < 1.29 is 19.4 Å². The Morgan fingerprint density at radius 1 is 0.914 bits per heavy atom. The number of ether oxygens (including phenoxy) is 2. The molecule has 0 aromatic heterocycles. The van der Waals surface area contributed by atoms with Crippen LogP contribution >= 0.6 is 0 Å². The van der Waals surface area contributed by atoms with Crippen LogP contribution in [0.2, 0.25) is 0 Å². The van der Waals surface area contributed by atoms with Crippen LogP contribution in [0.1, 0.15) is 77.6 Å². The van der Waals surface area contributed by atoms with Crippen LogP contribution in [-0.2, 0) is 21.3 Å². The zero-order valence-corrected chi connectivity index (χ0v) is 20.7. The summed E-state index contributed by atoms with van der Waals surface area (Å²) in [5.41, 5.74) is 5.51. The van der Waals surface area contributed by atoms with Gasteiger partial charge in [0.1, 0.15) is 0 Å². The van der Waals surface area contributed by atoms with Gasteiger partial charge in [0, 0.05) is 24.8 Å². The molecule has 2 aromatic rings. The van der Waals surface area contributed by atoms with Gasteiger partial charge in [-0.15, -0.1) is 0 Å². The monoisotopic (exact) mass is 472 g/mol. The maximum absolute atomic E-state index is 11.1. The fraction of sp³-hybridized carbons (Fsp3) is 0.516. The number of carboxylic acid groups (broad SMARTS) is 1. The predicted molar refractivity (Wildman–Crippen MR) is 137 cm³/mol. The summed E-state index contributed by atoms with van der Waals surface area (Å²) in [6.07, 6.45) is 10.4. The van der Waals surface area contributed by atoms with Crippen molar-refractivity contribution in [3.63, 3.8) is 0 Å². The molecule has 184 valence electrons. The molecule has 4 bridgehead atoms. The van der Waals surface area contributed by atoms with Crippen LogP contribution in [0.4, 0.5) is 0 Å². The number of carboxylic acids is 1. The molecule has 6 rings (SSSR count). The molecule has 4 nitrogen and oxygen atoms in total. The van der Waals surface area contributed by atoms with Crippen LogP contribution < -0.4 is 0 Å². The summed E-state index contributed by atoms with van der Waals surface area (Å²) in [6.45, 7) is 2.06. The molecule has 4 heteroatoms. The summed E-state index contributed by atoms with van der Waals surface area (Å²) in [5.74, 6) is 8.39. The Balaban J connectivity index is 1.39. The third kappa shape index (κ3) is 5.47. The Morgan fingerprint density at radius 3 is 2.17 bits per heavy atom. The molecule has 35 heavy (non-hydrogen) atoms. The van der Waals surface area contributed by atoms with Gasteiger partial charge in [0.05, 0.1) is 18.8 Å². The fourth-order valence-corrected chi connectivity index (χ4v) is 7.26. The first-order valence-corrected chi connectivity index (χ1v) is 13.1. The van der Waals surface area contributed by atoms with Gasteiger partial charge in [-0.3, -0.25) is 0 Å². The summed E-state index contributed by atoms with van der Waals surface area (Å²) in [5, 5.41) is 9.12. The number of rotatable bonds is 9. The number of carbonyl (C=O) groups is 1. The van der Waals surface area contributed by atoms with Crippen molar-refractivity contribution in [1.29, 1.82) is 0 Å². The average Bonchev–Trinajstić information content (AvgIpc) is 2.84. The van der Waals surface area contributed by atoms with Crippen LogP contribution in [-0.4, -0.2) is 38.0 Å². The molecule has 4 aliphatic carbocycles. The number of aryl methyl sites for hydroxylation is 1. The van der Waals surface area contributed by atoms with Crippen molar-refractivity contribution in [2.75, 3.05) is 26.9 Å². The molecule has 2 aromatic carbocycles. The minimum absolute atomic E-state index is 0.287. The van der Waals surface area contributed by atoms with E-state index in [0.29, 0.717) is 18.6 Å². The lowest BCUT2D eigenvalue weighted by atomic mass is 9.47. The van der Waals surface area contributed by atoms with Crippen molar-refractivity contribution in [2.24, 2.45) is 17.8 Å². The van der Waals surface area contributed by atoms with Gasteiger partial charge in [0.15, 0.2) is 0 Å². The molecule has 1 N–H and O–H groups in total. The lowest BCUT2D eigenvalue weighted by molar-refractivity contribution is -0.00565. The van der Waals surface area contributed by atoms with Crippen molar-refractivity contribution in [1.82, 2.24) is 0 Å². The van der Waals surface area contributed by atoms with Gasteiger partial charge < -0.3 is 14.6 Å². The lowest BCUT2D eigenvalue weighted by Gasteiger charge is -2.57. The second-order valence-electron chi connectivity index (χ2n) is 10.9. The predicted octanol–water partition coefficient (Wildman–Crippen LogP) is 5.85. The van der Waals surface area contributed by atoms with Crippen LogP contribution in [0.15, 0.2) is 42.5 Å². The Kier molecular flexibility index (Phi) is 7.27. The number of hydrogen-bond acceptors (Lipinski definition) is 3. The summed E-state index contributed by atoms with van der Waals surface area (Å²) in [7, 11) is 1.71. The maximum Gasteiger partial charge on any atom is 0.335 e. The van der Waals surface area contributed by atoms with E-state index >= 15 is 0 Å². The maximum atomic E-state index is 11.1. The first-order valence-electron chi connectivity index (χ1n) is 13.1. The standard InChI is InChI=1S/C31H36O4/c1-34-13-14-35-12-2-3-27-9-8-23(5-4-22-6-10-28(11-7-22)30(32)33)18-29(27)31-19-24-15-25(20-31)17-26(16-24)21-31/h6-11,18,24-26H,2-3,12-17,19-21H2,1H3,(H,32,33). The molecule has 0 radical (unpaired) electrons. The van der Waals surface area contributed by atoms with Gasteiger partial charge in [0.25, 0.3) is 0 Å². The molecular weight excluding hydrogens is 436 g/mol. The minimum Gasteiger partial charge on any atom is -0.478 e. The molecule has 0 unspecified atom stereocenters. The zero-order valence-electron chi connectivity index (χ0n) is 20.7. The van der Waals surface area contributed by atoms with Gasteiger partial charge in [-0.1, -0.05) is 17.9 Å². The summed E-state index contributed by atoms with van der Waals surface area (Å²) in [6, 6.07) is 13.6. The minimum atomic E-state index is -0.913. The van der Waals surface area contributed by atoms with Crippen LogP contribution in [0, 0.1) is 29.6 Å². The number of hydrogen-bond donors (Lipinski definition) is 1. The Morgan fingerprint density at radius 2 is 1.54 bits per heavy atom. The quantitative estimate of drug-likeness (QED) is 0.368. The van der Waals surface area contributed by atoms with Gasteiger partial charge in [0.2, 0.25) is 0 Å². The molecule has 0 heterocycles. The Hall–Kier alpha value is -2.61. The highest BCUT2D eigenvalue weighted by Gasteiger charge is 2.52. The van der Waals surface area contributed by atoms with E-state index in [0.717, 1.165) is 48.3 Å².